The number of piperidine rings is 1. The molecule has 1 aromatic carbocycles. The molecule has 2 N–H and O–H groups in total. The molecule has 0 amide bonds. The molecule has 2 heterocycles. The van der Waals surface area contributed by atoms with E-state index in [-0.39, 0.29) is 17.8 Å². The summed E-state index contributed by atoms with van der Waals surface area (Å²) in [6.45, 7) is 2.42. The van der Waals surface area contributed by atoms with Crippen LogP contribution in [0.25, 0.3) is 0 Å². The number of aromatic amines is 1. The molecule has 0 radical (unpaired) electrons. The molecule has 4 nitrogen and oxygen atoms in total. The maximum absolute atomic E-state index is 13.8. The zero-order valence-electron chi connectivity index (χ0n) is 11.9. The summed E-state index contributed by atoms with van der Waals surface area (Å²) in [5, 5.41) is 10.2. The van der Waals surface area contributed by atoms with Crippen molar-refractivity contribution in [2.24, 2.45) is 5.92 Å². The van der Waals surface area contributed by atoms with Crippen LogP contribution >= 0.6 is 0 Å². The minimum absolute atomic E-state index is 0.0681. The summed E-state index contributed by atoms with van der Waals surface area (Å²) in [6, 6.07) is 6.82. The molecule has 21 heavy (non-hydrogen) atoms. The van der Waals surface area contributed by atoms with Gasteiger partial charge in [0.2, 0.25) is 0 Å². The van der Waals surface area contributed by atoms with E-state index < -0.39 is 0 Å². The summed E-state index contributed by atoms with van der Waals surface area (Å²) in [4.78, 5) is 9.40. The summed E-state index contributed by atoms with van der Waals surface area (Å²) in [5.74, 6) is -0.117. The van der Waals surface area contributed by atoms with Gasteiger partial charge in [0.1, 0.15) is 5.82 Å². The Morgan fingerprint density at radius 3 is 3.00 bits per heavy atom. The molecule has 0 bridgehead atoms. The fourth-order valence-electron chi connectivity index (χ4n) is 3.00. The highest BCUT2D eigenvalue weighted by atomic mass is 19.1. The van der Waals surface area contributed by atoms with Crippen LogP contribution in [0.5, 0.6) is 0 Å². The average Bonchev–Trinajstić information content (AvgIpc) is 2.98. The van der Waals surface area contributed by atoms with Gasteiger partial charge in [-0.15, -0.1) is 0 Å². The van der Waals surface area contributed by atoms with Gasteiger partial charge in [-0.3, -0.25) is 4.90 Å². The zero-order valence-corrected chi connectivity index (χ0v) is 11.9. The molecule has 5 heteroatoms. The van der Waals surface area contributed by atoms with Gasteiger partial charge < -0.3 is 10.1 Å². The second-order valence-electron chi connectivity index (χ2n) is 5.72. The lowest BCUT2D eigenvalue weighted by Crippen LogP contribution is -2.43. The number of nitrogens with one attached hydrogen (secondary N) is 1. The second-order valence-corrected chi connectivity index (χ2v) is 5.72. The second kappa shape index (κ2) is 6.37. The van der Waals surface area contributed by atoms with Gasteiger partial charge in [-0.25, -0.2) is 9.37 Å². The number of halogens is 1. The molecule has 0 aliphatic carbocycles. The monoisotopic (exact) mass is 289 g/mol. The van der Waals surface area contributed by atoms with Gasteiger partial charge in [0.05, 0.1) is 12.4 Å². The van der Waals surface area contributed by atoms with Crippen LogP contribution in [-0.4, -0.2) is 39.2 Å². The van der Waals surface area contributed by atoms with Crippen molar-refractivity contribution >= 4 is 0 Å². The first-order valence-electron chi connectivity index (χ1n) is 7.33. The molecule has 0 unspecified atom stereocenters. The molecule has 0 saturated carbocycles. The Bertz CT molecular complexity index is 573. The molecule has 1 fully saturated rings. The largest absolute Gasteiger partial charge is 0.393 e. The number of aromatic nitrogens is 2. The van der Waals surface area contributed by atoms with E-state index in [2.05, 4.69) is 14.9 Å². The third-order valence-corrected chi connectivity index (χ3v) is 4.17. The standard InChI is InChI=1S/C16H20FN3O/c17-15-4-2-1-3-12(15)7-13-9-20(6-5-16(13)21)10-14-8-18-11-19-14/h1-4,8,11,13,16,21H,5-7,9-10H2,(H,18,19)/t13-,16-/m1/s1. The topological polar surface area (TPSA) is 52.1 Å². The van der Waals surface area contributed by atoms with Gasteiger partial charge in [-0.1, -0.05) is 18.2 Å². The third-order valence-electron chi connectivity index (χ3n) is 4.17. The first-order chi connectivity index (χ1) is 10.2. The number of hydrogen-bond donors (Lipinski definition) is 2. The molecule has 1 saturated heterocycles. The maximum Gasteiger partial charge on any atom is 0.126 e. The van der Waals surface area contributed by atoms with E-state index in [1.54, 1.807) is 18.5 Å². The number of H-pyrrole nitrogens is 1. The minimum Gasteiger partial charge on any atom is -0.393 e. The highest BCUT2D eigenvalue weighted by molar-refractivity contribution is 5.18. The average molecular weight is 289 g/mol. The summed E-state index contributed by atoms with van der Waals surface area (Å²) < 4.78 is 13.8. The Labute approximate surface area is 123 Å². The number of rotatable bonds is 4. The van der Waals surface area contributed by atoms with Crippen LogP contribution < -0.4 is 0 Å². The number of aliphatic hydroxyl groups is 1. The van der Waals surface area contributed by atoms with Crippen LogP contribution in [0.1, 0.15) is 17.7 Å². The molecular weight excluding hydrogens is 269 g/mol. The zero-order chi connectivity index (χ0) is 14.7. The summed E-state index contributed by atoms with van der Waals surface area (Å²) in [5.41, 5.74) is 1.75. The number of aliphatic hydroxyl groups excluding tert-OH is 1. The van der Waals surface area contributed by atoms with Crippen molar-refractivity contribution in [1.29, 1.82) is 0 Å². The number of imidazole rings is 1. The van der Waals surface area contributed by atoms with Crippen molar-refractivity contribution in [3.8, 4) is 0 Å². The fourth-order valence-corrected chi connectivity index (χ4v) is 3.00. The summed E-state index contributed by atoms with van der Waals surface area (Å²) in [7, 11) is 0. The predicted molar refractivity (Wildman–Crippen MR) is 78.1 cm³/mol. The molecule has 1 aliphatic rings. The highest BCUT2D eigenvalue weighted by Gasteiger charge is 2.28. The van der Waals surface area contributed by atoms with Crippen molar-refractivity contribution in [2.75, 3.05) is 13.1 Å². The highest BCUT2D eigenvalue weighted by Crippen LogP contribution is 2.23. The molecule has 2 aromatic rings. The lowest BCUT2D eigenvalue weighted by atomic mass is 9.88. The van der Waals surface area contributed by atoms with Crippen LogP contribution in [-0.2, 0) is 13.0 Å². The van der Waals surface area contributed by atoms with E-state index in [0.29, 0.717) is 12.0 Å². The van der Waals surface area contributed by atoms with E-state index in [0.717, 1.165) is 31.7 Å². The van der Waals surface area contributed by atoms with Crippen LogP contribution in [0.4, 0.5) is 4.39 Å². The summed E-state index contributed by atoms with van der Waals surface area (Å²) in [6.07, 6.45) is 4.44. The molecule has 3 rings (SSSR count). The van der Waals surface area contributed by atoms with Crippen molar-refractivity contribution in [3.05, 3.63) is 53.9 Å². The molecule has 1 aliphatic heterocycles. The normalized spacial score (nSPS) is 23.3. The van der Waals surface area contributed by atoms with E-state index >= 15 is 0 Å². The Kier molecular flexibility index (Phi) is 4.31. The van der Waals surface area contributed by atoms with Crippen LogP contribution in [0, 0.1) is 11.7 Å². The molecule has 2 atom stereocenters. The molecule has 112 valence electrons. The van der Waals surface area contributed by atoms with Crippen molar-refractivity contribution < 1.29 is 9.50 Å². The first kappa shape index (κ1) is 14.2. The van der Waals surface area contributed by atoms with Crippen LogP contribution in [0.2, 0.25) is 0 Å². The van der Waals surface area contributed by atoms with Gasteiger partial charge in [0.25, 0.3) is 0 Å². The van der Waals surface area contributed by atoms with Crippen molar-refractivity contribution in [1.82, 2.24) is 14.9 Å². The number of likely N-dealkylation sites (tertiary alicyclic amines) is 1. The molecule has 0 spiro atoms. The van der Waals surface area contributed by atoms with Gasteiger partial charge in [0, 0.05) is 37.4 Å². The minimum atomic E-state index is -0.359. The summed E-state index contributed by atoms with van der Waals surface area (Å²) >= 11 is 0. The Hall–Kier alpha value is -1.72. The van der Waals surface area contributed by atoms with Crippen LogP contribution in [0.15, 0.2) is 36.8 Å². The van der Waals surface area contributed by atoms with Crippen LogP contribution in [0.3, 0.4) is 0 Å². The van der Waals surface area contributed by atoms with E-state index in [4.69, 9.17) is 0 Å². The Morgan fingerprint density at radius 2 is 2.24 bits per heavy atom. The quantitative estimate of drug-likeness (QED) is 0.905. The van der Waals surface area contributed by atoms with Gasteiger partial charge in [-0.05, 0) is 24.5 Å². The fraction of sp³-hybridized carbons (Fsp3) is 0.438. The smallest absolute Gasteiger partial charge is 0.126 e. The number of hydrogen-bond acceptors (Lipinski definition) is 3. The first-order valence-corrected chi connectivity index (χ1v) is 7.33. The van der Waals surface area contributed by atoms with Gasteiger partial charge in [0.15, 0.2) is 0 Å². The van der Waals surface area contributed by atoms with Crippen molar-refractivity contribution in [3.63, 3.8) is 0 Å². The van der Waals surface area contributed by atoms with Crippen molar-refractivity contribution in [2.45, 2.75) is 25.5 Å². The number of nitrogens with zero attached hydrogens (tertiary/aromatic N) is 2. The Balaban J connectivity index is 1.65. The third kappa shape index (κ3) is 3.49. The van der Waals surface area contributed by atoms with Gasteiger partial charge in [-0.2, -0.15) is 0 Å². The predicted octanol–water partition coefficient (Wildman–Crippen LogP) is 1.97. The Morgan fingerprint density at radius 1 is 1.38 bits per heavy atom. The number of benzene rings is 1. The lowest BCUT2D eigenvalue weighted by Gasteiger charge is -2.36. The molecular formula is C16H20FN3O. The van der Waals surface area contributed by atoms with Gasteiger partial charge >= 0.3 is 0 Å². The van der Waals surface area contributed by atoms with E-state index in [9.17, 15) is 9.50 Å². The lowest BCUT2D eigenvalue weighted by molar-refractivity contribution is 0.0232. The van der Waals surface area contributed by atoms with E-state index in [1.165, 1.54) is 6.07 Å². The SMILES string of the molecule is O[C@@H]1CCN(Cc2cnc[nH]2)C[C@H]1Cc1ccccc1F. The maximum atomic E-state index is 13.8. The molecule has 1 aromatic heterocycles. The van der Waals surface area contributed by atoms with E-state index in [1.807, 2.05) is 12.3 Å².